The molecule has 0 bridgehead atoms. The van der Waals surface area contributed by atoms with Crippen LogP contribution in [0.2, 0.25) is 0 Å². The zero-order chi connectivity index (χ0) is 23.5. The Labute approximate surface area is 206 Å². The molecule has 0 fully saturated rings. The molecule has 35 heavy (non-hydrogen) atoms. The first kappa shape index (κ1) is 21.4. The SMILES string of the molecule is C1=C[C@@H]2c3ccccc3N[C@@H](c3ccc(N=Cc4ccc(OCc5ccccc5)cc4)cc3)[C@H]2C1. The molecule has 2 aliphatic rings. The molecule has 0 aromatic heterocycles. The van der Waals surface area contributed by atoms with E-state index in [0.29, 0.717) is 24.5 Å². The van der Waals surface area contributed by atoms with E-state index in [-0.39, 0.29) is 0 Å². The number of rotatable bonds is 6. The summed E-state index contributed by atoms with van der Waals surface area (Å²) in [7, 11) is 0. The van der Waals surface area contributed by atoms with Crippen molar-refractivity contribution in [2.24, 2.45) is 10.9 Å². The first-order chi connectivity index (χ1) is 17.3. The zero-order valence-corrected chi connectivity index (χ0v) is 19.5. The number of hydrogen-bond donors (Lipinski definition) is 1. The van der Waals surface area contributed by atoms with Crippen LogP contribution in [0.25, 0.3) is 0 Å². The van der Waals surface area contributed by atoms with Crippen molar-refractivity contribution in [1.29, 1.82) is 0 Å². The van der Waals surface area contributed by atoms with Gasteiger partial charge in [0, 0.05) is 17.8 Å². The summed E-state index contributed by atoms with van der Waals surface area (Å²) < 4.78 is 5.88. The quantitative estimate of drug-likeness (QED) is 0.237. The summed E-state index contributed by atoms with van der Waals surface area (Å²) in [5.74, 6) is 1.91. The summed E-state index contributed by atoms with van der Waals surface area (Å²) in [6.07, 6.45) is 7.74. The number of aliphatic imine (C=N–C) groups is 1. The smallest absolute Gasteiger partial charge is 0.119 e. The van der Waals surface area contributed by atoms with Gasteiger partial charge in [0.25, 0.3) is 0 Å². The van der Waals surface area contributed by atoms with Crippen molar-refractivity contribution in [2.45, 2.75) is 25.0 Å². The van der Waals surface area contributed by atoms with E-state index in [2.05, 4.69) is 83.1 Å². The lowest BCUT2D eigenvalue weighted by Crippen LogP contribution is -2.28. The van der Waals surface area contributed by atoms with Gasteiger partial charge < -0.3 is 10.1 Å². The standard InChI is InChI=1S/C32H28N2O/c1-2-7-24(8-3-1)22-35-27-19-13-23(14-20-27)21-33-26-17-15-25(16-18-26)32-30-11-6-10-28(30)29-9-4-5-12-31(29)34-32/h1-10,12-21,28,30,32,34H,11,22H2/t28-,30+,32+/m1/s1. The van der Waals surface area contributed by atoms with Gasteiger partial charge in [-0.15, -0.1) is 0 Å². The number of ether oxygens (including phenoxy) is 1. The topological polar surface area (TPSA) is 33.6 Å². The van der Waals surface area contributed by atoms with Crippen LogP contribution in [-0.4, -0.2) is 6.21 Å². The average Bonchev–Trinajstić information content (AvgIpc) is 3.42. The zero-order valence-electron chi connectivity index (χ0n) is 19.5. The van der Waals surface area contributed by atoms with Crippen LogP contribution in [0, 0.1) is 5.92 Å². The molecule has 4 aromatic rings. The van der Waals surface area contributed by atoms with Crippen LogP contribution in [0.5, 0.6) is 5.75 Å². The van der Waals surface area contributed by atoms with Gasteiger partial charge in [-0.1, -0.05) is 72.8 Å². The Morgan fingerprint density at radius 1 is 0.829 bits per heavy atom. The van der Waals surface area contributed by atoms with Gasteiger partial charge in [0.1, 0.15) is 12.4 Å². The van der Waals surface area contributed by atoms with Gasteiger partial charge >= 0.3 is 0 Å². The summed E-state index contributed by atoms with van der Waals surface area (Å²) in [5.41, 5.74) is 7.15. The molecule has 4 aromatic carbocycles. The lowest BCUT2D eigenvalue weighted by atomic mass is 9.77. The number of hydrogen-bond acceptors (Lipinski definition) is 3. The molecule has 0 unspecified atom stereocenters. The minimum Gasteiger partial charge on any atom is -0.489 e. The predicted molar refractivity (Wildman–Crippen MR) is 144 cm³/mol. The van der Waals surface area contributed by atoms with Crippen LogP contribution in [0.3, 0.4) is 0 Å². The number of para-hydroxylation sites is 1. The fraction of sp³-hybridized carbons (Fsp3) is 0.156. The maximum Gasteiger partial charge on any atom is 0.119 e. The number of allylic oxidation sites excluding steroid dienone is 2. The number of nitrogens with zero attached hydrogens (tertiary/aromatic N) is 1. The molecule has 3 atom stereocenters. The van der Waals surface area contributed by atoms with Crippen LogP contribution in [-0.2, 0) is 6.61 Å². The predicted octanol–water partition coefficient (Wildman–Crippen LogP) is 7.84. The van der Waals surface area contributed by atoms with Crippen molar-refractivity contribution in [1.82, 2.24) is 0 Å². The molecule has 0 amide bonds. The van der Waals surface area contributed by atoms with E-state index in [1.165, 1.54) is 16.8 Å². The molecule has 0 saturated carbocycles. The fourth-order valence-electron chi connectivity index (χ4n) is 5.18. The first-order valence-electron chi connectivity index (χ1n) is 12.3. The maximum atomic E-state index is 5.88. The van der Waals surface area contributed by atoms with Gasteiger partial charge in [0.2, 0.25) is 0 Å². The minimum absolute atomic E-state index is 0.311. The van der Waals surface area contributed by atoms with Gasteiger partial charge in [-0.25, -0.2) is 0 Å². The highest BCUT2D eigenvalue weighted by molar-refractivity contribution is 5.82. The largest absolute Gasteiger partial charge is 0.489 e. The lowest BCUT2D eigenvalue weighted by molar-refractivity contribution is 0.306. The molecule has 0 saturated heterocycles. The number of nitrogens with one attached hydrogen (secondary N) is 1. The Hall–Kier alpha value is -4.11. The molecule has 0 spiro atoms. The van der Waals surface area contributed by atoms with E-state index in [4.69, 9.17) is 4.74 Å². The van der Waals surface area contributed by atoms with Gasteiger partial charge in [-0.3, -0.25) is 4.99 Å². The summed E-state index contributed by atoms with van der Waals surface area (Å²) in [5, 5.41) is 3.80. The average molecular weight is 457 g/mol. The van der Waals surface area contributed by atoms with Crippen molar-refractivity contribution in [2.75, 3.05) is 5.32 Å². The molecule has 0 radical (unpaired) electrons. The highest BCUT2D eigenvalue weighted by Crippen LogP contribution is 2.49. The van der Waals surface area contributed by atoms with E-state index in [1.54, 1.807) is 0 Å². The van der Waals surface area contributed by atoms with E-state index >= 15 is 0 Å². The van der Waals surface area contributed by atoms with E-state index in [9.17, 15) is 0 Å². The molecular formula is C32H28N2O. The fourth-order valence-corrected chi connectivity index (χ4v) is 5.18. The highest BCUT2D eigenvalue weighted by Gasteiger charge is 2.37. The Morgan fingerprint density at radius 3 is 2.43 bits per heavy atom. The Kier molecular flexibility index (Phi) is 5.90. The summed E-state index contributed by atoms with van der Waals surface area (Å²) in [4.78, 5) is 4.69. The van der Waals surface area contributed by atoms with Crippen LogP contribution in [0.15, 0.2) is 120 Å². The van der Waals surface area contributed by atoms with E-state index in [0.717, 1.165) is 29.0 Å². The van der Waals surface area contributed by atoms with Gasteiger partial charge in [-0.05, 0) is 77.1 Å². The first-order valence-corrected chi connectivity index (χ1v) is 12.3. The van der Waals surface area contributed by atoms with Gasteiger partial charge in [-0.2, -0.15) is 0 Å². The van der Waals surface area contributed by atoms with Crippen LogP contribution in [0.1, 0.15) is 40.6 Å². The van der Waals surface area contributed by atoms with E-state index in [1.807, 2.05) is 48.7 Å². The summed E-state index contributed by atoms with van der Waals surface area (Å²) in [6.45, 7) is 0.569. The van der Waals surface area contributed by atoms with Gasteiger partial charge in [0.05, 0.1) is 11.7 Å². The second-order valence-corrected chi connectivity index (χ2v) is 9.26. The van der Waals surface area contributed by atoms with E-state index < -0.39 is 0 Å². The Bertz CT molecular complexity index is 1340. The summed E-state index contributed by atoms with van der Waals surface area (Å²) >= 11 is 0. The number of benzene rings is 4. The monoisotopic (exact) mass is 456 g/mol. The van der Waals surface area contributed by atoms with Crippen LogP contribution in [0.4, 0.5) is 11.4 Å². The lowest BCUT2D eigenvalue weighted by Gasteiger charge is -2.37. The van der Waals surface area contributed by atoms with Crippen LogP contribution < -0.4 is 10.1 Å². The van der Waals surface area contributed by atoms with Gasteiger partial charge in [0.15, 0.2) is 0 Å². The summed E-state index contributed by atoms with van der Waals surface area (Å²) in [6, 6.07) is 35.9. The third-order valence-corrected chi connectivity index (χ3v) is 7.02. The van der Waals surface area contributed by atoms with Crippen molar-refractivity contribution >= 4 is 17.6 Å². The van der Waals surface area contributed by atoms with Crippen molar-refractivity contribution < 1.29 is 4.74 Å². The molecule has 1 heterocycles. The van der Waals surface area contributed by atoms with Crippen molar-refractivity contribution in [3.8, 4) is 5.75 Å². The number of anilines is 1. The second-order valence-electron chi connectivity index (χ2n) is 9.26. The van der Waals surface area contributed by atoms with Crippen molar-refractivity contribution in [3.63, 3.8) is 0 Å². The molecule has 1 N–H and O–H groups in total. The van der Waals surface area contributed by atoms with Crippen molar-refractivity contribution in [3.05, 3.63) is 138 Å². The van der Waals surface area contributed by atoms with Crippen LogP contribution >= 0.6 is 0 Å². The Balaban J connectivity index is 1.11. The molecule has 172 valence electrons. The maximum absolute atomic E-state index is 5.88. The number of fused-ring (bicyclic) bond motifs is 3. The third kappa shape index (κ3) is 4.63. The molecule has 3 heteroatoms. The molecule has 1 aliphatic heterocycles. The second kappa shape index (κ2) is 9.63. The molecular weight excluding hydrogens is 428 g/mol. The normalized spacial score (nSPS) is 20.3. The molecule has 6 rings (SSSR count). The Morgan fingerprint density at radius 2 is 1.60 bits per heavy atom. The third-order valence-electron chi connectivity index (χ3n) is 7.02. The highest BCUT2D eigenvalue weighted by atomic mass is 16.5. The minimum atomic E-state index is 0.311. The molecule has 1 aliphatic carbocycles. The molecule has 3 nitrogen and oxygen atoms in total.